The maximum absolute atomic E-state index is 11.5. The minimum Gasteiger partial charge on any atom is -0.392 e. The Hall–Kier alpha value is -0.910. The Labute approximate surface area is 114 Å². The molecule has 4 nitrogen and oxygen atoms in total. The Morgan fingerprint density at radius 1 is 1.42 bits per heavy atom. The number of aliphatic hydroxyl groups excluding tert-OH is 1. The molecule has 0 amide bonds. The molecule has 0 aromatic heterocycles. The number of hydrogen-bond donors (Lipinski definition) is 1. The smallest absolute Gasteiger partial charge is 0.152 e. The van der Waals surface area contributed by atoms with Crippen LogP contribution in [0.25, 0.3) is 0 Å². The summed E-state index contributed by atoms with van der Waals surface area (Å²) in [5, 5.41) is 9.30. The van der Waals surface area contributed by atoms with E-state index in [2.05, 4.69) is 6.07 Å². The second kappa shape index (κ2) is 5.61. The second-order valence-electron chi connectivity index (χ2n) is 5.15. The molecule has 5 heteroatoms. The molecular formula is C14H20O4S. The minimum atomic E-state index is -3.24. The van der Waals surface area contributed by atoms with Gasteiger partial charge in [0.05, 0.1) is 24.1 Å². The van der Waals surface area contributed by atoms with Crippen LogP contribution in [0, 0.1) is 0 Å². The van der Waals surface area contributed by atoms with Gasteiger partial charge in [0.2, 0.25) is 0 Å². The summed E-state index contributed by atoms with van der Waals surface area (Å²) in [6.45, 7) is 2.15. The number of aliphatic hydroxyl groups is 1. The van der Waals surface area contributed by atoms with Gasteiger partial charge in [0, 0.05) is 12.7 Å². The highest BCUT2D eigenvalue weighted by Gasteiger charge is 2.29. The van der Waals surface area contributed by atoms with Crippen molar-refractivity contribution in [2.75, 3.05) is 12.9 Å². The Morgan fingerprint density at radius 2 is 2.11 bits per heavy atom. The Balaban J connectivity index is 2.13. The number of fused-ring (bicyclic) bond motifs is 1. The van der Waals surface area contributed by atoms with Gasteiger partial charge in [-0.2, -0.15) is 0 Å². The molecule has 3 unspecified atom stereocenters. The van der Waals surface area contributed by atoms with Crippen LogP contribution in [0.1, 0.15) is 30.6 Å². The zero-order valence-electron chi connectivity index (χ0n) is 11.2. The molecule has 3 atom stereocenters. The van der Waals surface area contributed by atoms with Crippen LogP contribution in [0.2, 0.25) is 0 Å². The van der Waals surface area contributed by atoms with E-state index in [4.69, 9.17) is 4.74 Å². The van der Waals surface area contributed by atoms with Gasteiger partial charge in [-0.05, 0) is 24.5 Å². The van der Waals surface area contributed by atoms with Crippen LogP contribution in [-0.4, -0.2) is 37.7 Å². The van der Waals surface area contributed by atoms with Gasteiger partial charge < -0.3 is 9.84 Å². The molecule has 0 aliphatic carbocycles. The predicted molar refractivity (Wildman–Crippen MR) is 73.8 cm³/mol. The molecule has 2 rings (SSSR count). The predicted octanol–water partition coefficient (Wildman–Crippen LogP) is 1.48. The van der Waals surface area contributed by atoms with E-state index < -0.39 is 21.2 Å². The quantitative estimate of drug-likeness (QED) is 0.909. The van der Waals surface area contributed by atoms with E-state index in [1.165, 1.54) is 12.5 Å². The largest absolute Gasteiger partial charge is 0.392 e. The summed E-state index contributed by atoms with van der Waals surface area (Å²) in [6.07, 6.45) is 1.20. The summed E-state index contributed by atoms with van der Waals surface area (Å²) in [5.41, 5.74) is 2.28. The van der Waals surface area contributed by atoms with Crippen LogP contribution in [0.4, 0.5) is 0 Å². The summed E-state index contributed by atoms with van der Waals surface area (Å²) in [4.78, 5) is 0. The van der Waals surface area contributed by atoms with E-state index in [9.17, 15) is 13.5 Å². The first kappa shape index (κ1) is 14.5. The molecule has 1 aliphatic heterocycles. The summed E-state index contributed by atoms with van der Waals surface area (Å²) in [7, 11) is -3.24. The maximum atomic E-state index is 11.5. The number of ether oxygens (including phenoxy) is 1. The zero-order chi connectivity index (χ0) is 14.0. The van der Waals surface area contributed by atoms with E-state index in [0.29, 0.717) is 13.0 Å². The van der Waals surface area contributed by atoms with Crippen molar-refractivity contribution < 1.29 is 18.3 Å². The third kappa shape index (κ3) is 3.35. The Kier molecular flexibility index (Phi) is 4.28. The summed E-state index contributed by atoms with van der Waals surface area (Å²) in [6, 6.07) is 7.96. The van der Waals surface area contributed by atoms with Crippen molar-refractivity contribution in [1.82, 2.24) is 0 Å². The topological polar surface area (TPSA) is 63.6 Å². The Bertz CT molecular complexity index is 538. The number of hydrogen-bond acceptors (Lipinski definition) is 4. The third-order valence-electron chi connectivity index (χ3n) is 3.77. The first-order valence-corrected chi connectivity index (χ1v) is 8.41. The fourth-order valence-corrected chi connectivity index (χ4v) is 3.05. The lowest BCUT2D eigenvalue weighted by Crippen LogP contribution is -2.33. The fraction of sp³-hybridized carbons (Fsp3) is 0.571. The van der Waals surface area contributed by atoms with Crippen LogP contribution < -0.4 is 0 Å². The van der Waals surface area contributed by atoms with Gasteiger partial charge in [-0.15, -0.1) is 0 Å². The monoisotopic (exact) mass is 284 g/mol. The lowest BCUT2D eigenvalue weighted by atomic mass is 9.94. The average Bonchev–Trinajstić information content (AvgIpc) is 2.37. The van der Waals surface area contributed by atoms with E-state index >= 15 is 0 Å². The lowest BCUT2D eigenvalue weighted by molar-refractivity contribution is 0.00446. The molecule has 1 aromatic rings. The van der Waals surface area contributed by atoms with Crippen molar-refractivity contribution in [3.05, 3.63) is 35.4 Å². The SMILES string of the molecule is CC(C(O)CC1OCCc2ccccc21)S(C)(=O)=O. The number of rotatable bonds is 4. The molecule has 0 fully saturated rings. The molecule has 0 bridgehead atoms. The molecule has 1 heterocycles. The van der Waals surface area contributed by atoms with Crippen molar-refractivity contribution >= 4 is 9.84 Å². The molecular weight excluding hydrogens is 264 g/mol. The second-order valence-corrected chi connectivity index (χ2v) is 7.55. The van der Waals surface area contributed by atoms with Crippen LogP contribution in [0.3, 0.4) is 0 Å². The van der Waals surface area contributed by atoms with Crippen LogP contribution in [-0.2, 0) is 21.0 Å². The average molecular weight is 284 g/mol. The van der Waals surface area contributed by atoms with Gasteiger partial charge in [0.1, 0.15) is 0 Å². The van der Waals surface area contributed by atoms with E-state index in [0.717, 1.165) is 18.2 Å². The normalized spacial score (nSPS) is 22.6. The fourth-order valence-electron chi connectivity index (χ4n) is 2.37. The summed E-state index contributed by atoms with van der Waals surface area (Å²) in [5.74, 6) is 0. The number of benzene rings is 1. The molecule has 0 saturated heterocycles. The molecule has 106 valence electrons. The van der Waals surface area contributed by atoms with Gasteiger partial charge >= 0.3 is 0 Å². The maximum Gasteiger partial charge on any atom is 0.152 e. The van der Waals surface area contributed by atoms with Crippen molar-refractivity contribution in [1.29, 1.82) is 0 Å². The highest BCUT2D eigenvalue weighted by Crippen LogP contribution is 2.31. The van der Waals surface area contributed by atoms with E-state index in [1.54, 1.807) is 0 Å². The summed E-state index contributed by atoms with van der Waals surface area (Å²) < 4.78 is 28.6. The summed E-state index contributed by atoms with van der Waals surface area (Å²) >= 11 is 0. The van der Waals surface area contributed by atoms with E-state index in [1.807, 2.05) is 18.2 Å². The van der Waals surface area contributed by atoms with E-state index in [-0.39, 0.29) is 6.10 Å². The van der Waals surface area contributed by atoms with Gasteiger partial charge in [-0.3, -0.25) is 0 Å². The highest BCUT2D eigenvalue weighted by atomic mass is 32.2. The molecule has 1 aliphatic rings. The first-order valence-electron chi connectivity index (χ1n) is 6.46. The van der Waals surface area contributed by atoms with Crippen molar-refractivity contribution in [3.8, 4) is 0 Å². The van der Waals surface area contributed by atoms with Crippen LogP contribution in [0.15, 0.2) is 24.3 Å². The molecule has 0 saturated carbocycles. The minimum absolute atomic E-state index is 0.218. The Morgan fingerprint density at radius 3 is 2.79 bits per heavy atom. The third-order valence-corrected chi connectivity index (χ3v) is 5.43. The zero-order valence-corrected chi connectivity index (χ0v) is 12.1. The van der Waals surface area contributed by atoms with Gasteiger partial charge in [0.15, 0.2) is 9.84 Å². The van der Waals surface area contributed by atoms with Crippen LogP contribution in [0.5, 0.6) is 0 Å². The van der Waals surface area contributed by atoms with Crippen LogP contribution >= 0.6 is 0 Å². The van der Waals surface area contributed by atoms with Gasteiger partial charge in [0.25, 0.3) is 0 Å². The molecule has 0 spiro atoms. The lowest BCUT2D eigenvalue weighted by Gasteiger charge is -2.29. The highest BCUT2D eigenvalue weighted by molar-refractivity contribution is 7.91. The molecule has 1 aromatic carbocycles. The van der Waals surface area contributed by atoms with Crippen molar-refractivity contribution in [2.45, 2.75) is 37.2 Å². The van der Waals surface area contributed by atoms with Crippen molar-refractivity contribution in [3.63, 3.8) is 0 Å². The standard InChI is InChI=1S/C14H20O4S/c1-10(19(2,16)17)13(15)9-14-12-6-4-3-5-11(12)7-8-18-14/h3-6,10,13-15H,7-9H2,1-2H3. The molecule has 1 N–H and O–H groups in total. The first-order chi connectivity index (χ1) is 8.89. The number of sulfone groups is 1. The van der Waals surface area contributed by atoms with Gasteiger partial charge in [-0.1, -0.05) is 24.3 Å². The van der Waals surface area contributed by atoms with Gasteiger partial charge in [-0.25, -0.2) is 8.42 Å². The molecule has 19 heavy (non-hydrogen) atoms. The van der Waals surface area contributed by atoms with Crippen molar-refractivity contribution in [2.24, 2.45) is 0 Å². The molecule has 0 radical (unpaired) electrons.